The van der Waals surface area contributed by atoms with E-state index in [4.69, 9.17) is 5.11 Å². The van der Waals surface area contributed by atoms with E-state index in [0.717, 1.165) is 18.4 Å². The fourth-order valence-corrected chi connectivity index (χ4v) is 2.91. The third-order valence-corrected chi connectivity index (χ3v) is 4.41. The molecule has 8 nitrogen and oxygen atoms in total. The second-order valence-electron chi connectivity index (χ2n) is 6.30. The molecule has 0 saturated carbocycles. The fraction of sp³-hybridized carbons (Fsp3) is 0.444. The van der Waals surface area contributed by atoms with Crippen LogP contribution in [0.1, 0.15) is 36.5 Å². The first-order valence-corrected chi connectivity index (χ1v) is 8.89. The Hall–Kier alpha value is -2.74. The number of hydrogen-bond acceptors (Lipinski definition) is 6. The lowest BCUT2D eigenvalue weighted by atomic mass is 10.0. The number of fused-ring (bicyclic) bond motifs is 1. The van der Waals surface area contributed by atoms with Crippen molar-refractivity contribution in [3.05, 3.63) is 45.2 Å². The minimum absolute atomic E-state index is 0.119. The number of aromatic amines is 1. The Labute approximate surface area is 151 Å². The van der Waals surface area contributed by atoms with Crippen LogP contribution in [0, 0.1) is 6.92 Å². The highest BCUT2D eigenvalue weighted by atomic mass is 16.2. The summed E-state index contributed by atoms with van der Waals surface area (Å²) in [5.41, 5.74) is 4.12. The third-order valence-electron chi connectivity index (χ3n) is 4.41. The molecular formula is C18H24N6O2. The minimum Gasteiger partial charge on any atom is -0.396 e. The van der Waals surface area contributed by atoms with Crippen molar-refractivity contribution in [3.8, 4) is 0 Å². The van der Waals surface area contributed by atoms with Crippen molar-refractivity contribution in [3.63, 3.8) is 0 Å². The van der Waals surface area contributed by atoms with Gasteiger partial charge in [-0.25, -0.2) is 4.68 Å². The molecule has 3 rings (SSSR count). The van der Waals surface area contributed by atoms with Crippen molar-refractivity contribution in [2.75, 3.05) is 11.9 Å². The summed E-state index contributed by atoms with van der Waals surface area (Å²) in [6.45, 7) is 5.45. The first-order valence-electron chi connectivity index (χ1n) is 8.89. The Bertz CT molecular complexity index is 946. The van der Waals surface area contributed by atoms with Crippen molar-refractivity contribution in [2.24, 2.45) is 0 Å². The number of aliphatic hydroxyl groups excluding tert-OH is 1. The molecule has 0 aliphatic heterocycles. The molecule has 3 aromatic rings. The highest BCUT2D eigenvalue weighted by molar-refractivity contribution is 5.69. The predicted molar refractivity (Wildman–Crippen MR) is 100 cm³/mol. The number of benzene rings is 1. The summed E-state index contributed by atoms with van der Waals surface area (Å²) in [4.78, 5) is 19.5. The zero-order chi connectivity index (χ0) is 18.5. The molecule has 0 saturated heterocycles. The Morgan fingerprint density at radius 1 is 1.31 bits per heavy atom. The maximum atomic E-state index is 12.4. The first kappa shape index (κ1) is 18.1. The van der Waals surface area contributed by atoms with E-state index in [1.807, 2.05) is 0 Å². The molecule has 8 heteroatoms. The number of H-pyrrole nitrogens is 1. The molecule has 0 fully saturated rings. The average Bonchev–Trinajstić information content (AvgIpc) is 3.05. The van der Waals surface area contributed by atoms with E-state index >= 15 is 0 Å². The molecule has 0 aliphatic rings. The zero-order valence-electron chi connectivity index (χ0n) is 15.1. The molecule has 3 N–H and O–H groups in total. The van der Waals surface area contributed by atoms with Crippen LogP contribution in [-0.4, -0.2) is 36.7 Å². The van der Waals surface area contributed by atoms with Crippen molar-refractivity contribution >= 4 is 17.1 Å². The zero-order valence-corrected chi connectivity index (χ0v) is 15.1. The number of rotatable bonds is 8. The molecular weight excluding hydrogens is 332 g/mol. The number of nitrogens with zero attached hydrogens (tertiary/aromatic N) is 4. The smallest absolute Gasteiger partial charge is 0.280 e. The minimum atomic E-state index is -0.273. The molecule has 0 radical (unpaired) electrons. The summed E-state index contributed by atoms with van der Waals surface area (Å²) < 4.78 is 1.54. The van der Waals surface area contributed by atoms with E-state index in [1.54, 1.807) is 0 Å². The Morgan fingerprint density at radius 3 is 2.92 bits per heavy atom. The van der Waals surface area contributed by atoms with Gasteiger partial charge in [0.2, 0.25) is 11.6 Å². The van der Waals surface area contributed by atoms with Gasteiger partial charge in [0.1, 0.15) is 0 Å². The van der Waals surface area contributed by atoms with Crippen LogP contribution in [0.5, 0.6) is 0 Å². The molecule has 0 spiro atoms. The van der Waals surface area contributed by atoms with Gasteiger partial charge < -0.3 is 10.4 Å². The number of aryl methyl sites for hydroxylation is 3. The molecule has 0 unspecified atom stereocenters. The van der Waals surface area contributed by atoms with Gasteiger partial charge in [0.05, 0.1) is 0 Å². The Balaban J connectivity index is 1.76. The fourth-order valence-electron chi connectivity index (χ4n) is 2.91. The van der Waals surface area contributed by atoms with Gasteiger partial charge in [-0.05, 0) is 42.9 Å². The number of aromatic nitrogens is 5. The standard InChI is InChI=1S/C18H24N6O2/c1-3-14-10-13(7-6-12(14)2)11-19-18-20-16-15(17(26)21-18)24(23-22-16)8-4-5-9-25/h6-7,10,25H,3-5,8-9,11H2,1-2H3,(H2,19,20,21,26). The maximum Gasteiger partial charge on any atom is 0.280 e. The number of nitrogens with one attached hydrogen (secondary N) is 2. The van der Waals surface area contributed by atoms with Crippen LogP contribution < -0.4 is 10.9 Å². The van der Waals surface area contributed by atoms with Gasteiger partial charge in [-0.3, -0.25) is 9.78 Å². The maximum absolute atomic E-state index is 12.4. The summed E-state index contributed by atoms with van der Waals surface area (Å²) in [5.74, 6) is 0.378. The molecule has 2 aromatic heterocycles. The van der Waals surface area contributed by atoms with Crippen LogP contribution in [0.3, 0.4) is 0 Å². The summed E-state index contributed by atoms with van der Waals surface area (Å²) in [6, 6.07) is 6.33. The molecule has 1 aromatic carbocycles. The van der Waals surface area contributed by atoms with Crippen LogP contribution in [0.4, 0.5) is 5.95 Å². The summed E-state index contributed by atoms with van der Waals surface area (Å²) in [7, 11) is 0. The lowest BCUT2D eigenvalue weighted by Crippen LogP contribution is -2.16. The van der Waals surface area contributed by atoms with Gasteiger partial charge in [0, 0.05) is 19.7 Å². The first-order chi connectivity index (χ1) is 12.6. The second kappa shape index (κ2) is 8.09. The Kier molecular flexibility index (Phi) is 5.62. The van der Waals surface area contributed by atoms with Gasteiger partial charge in [-0.2, -0.15) is 4.98 Å². The molecule has 0 bridgehead atoms. The number of hydrogen-bond donors (Lipinski definition) is 3. The average molecular weight is 356 g/mol. The lowest BCUT2D eigenvalue weighted by Gasteiger charge is -2.09. The topological polar surface area (TPSA) is 109 Å². The van der Waals surface area contributed by atoms with Crippen molar-refractivity contribution in [1.29, 1.82) is 0 Å². The van der Waals surface area contributed by atoms with Gasteiger partial charge in [-0.15, -0.1) is 5.10 Å². The SMILES string of the molecule is CCc1cc(CNc2nc3nnn(CCCCO)c3c(=O)[nH]2)ccc1C. The highest BCUT2D eigenvalue weighted by Crippen LogP contribution is 2.13. The van der Waals surface area contributed by atoms with Crippen LogP contribution in [0.15, 0.2) is 23.0 Å². The lowest BCUT2D eigenvalue weighted by molar-refractivity contribution is 0.280. The van der Waals surface area contributed by atoms with E-state index in [9.17, 15) is 4.79 Å². The van der Waals surface area contributed by atoms with Crippen LogP contribution in [0.25, 0.3) is 11.2 Å². The molecule has 0 atom stereocenters. The van der Waals surface area contributed by atoms with Gasteiger partial charge in [-0.1, -0.05) is 30.3 Å². The van der Waals surface area contributed by atoms with Crippen molar-refractivity contribution in [2.45, 2.75) is 46.2 Å². The quantitative estimate of drug-likeness (QED) is 0.531. The van der Waals surface area contributed by atoms with Gasteiger partial charge in [0.15, 0.2) is 5.52 Å². The second-order valence-corrected chi connectivity index (χ2v) is 6.30. The molecule has 138 valence electrons. The molecule has 0 amide bonds. The number of aliphatic hydroxyl groups is 1. The largest absolute Gasteiger partial charge is 0.396 e. The molecule has 0 aliphatic carbocycles. The van der Waals surface area contributed by atoms with Crippen LogP contribution in [-0.2, 0) is 19.5 Å². The predicted octanol–water partition coefficient (Wildman–Crippen LogP) is 1.77. The van der Waals surface area contributed by atoms with E-state index < -0.39 is 0 Å². The van der Waals surface area contributed by atoms with E-state index in [1.165, 1.54) is 15.8 Å². The van der Waals surface area contributed by atoms with Crippen LogP contribution in [0.2, 0.25) is 0 Å². The van der Waals surface area contributed by atoms with E-state index in [0.29, 0.717) is 36.6 Å². The Morgan fingerprint density at radius 2 is 2.15 bits per heavy atom. The summed E-state index contributed by atoms with van der Waals surface area (Å²) in [6.07, 6.45) is 2.37. The van der Waals surface area contributed by atoms with Gasteiger partial charge in [0.25, 0.3) is 5.56 Å². The summed E-state index contributed by atoms with van der Waals surface area (Å²) in [5, 5.41) is 20.0. The van der Waals surface area contributed by atoms with Crippen molar-refractivity contribution < 1.29 is 5.11 Å². The molecule has 26 heavy (non-hydrogen) atoms. The van der Waals surface area contributed by atoms with Crippen molar-refractivity contribution in [1.82, 2.24) is 25.0 Å². The number of unbranched alkanes of at least 4 members (excludes halogenated alkanes) is 1. The van der Waals surface area contributed by atoms with Crippen LogP contribution >= 0.6 is 0 Å². The van der Waals surface area contributed by atoms with Gasteiger partial charge >= 0.3 is 0 Å². The summed E-state index contributed by atoms with van der Waals surface area (Å²) >= 11 is 0. The third kappa shape index (κ3) is 3.91. The number of anilines is 1. The molecule has 2 heterocycles. The highest BCUT2D eigenvalue weighted by Gasteiger charge is 2.12. The normalized spacial score (nSPS) is 11.2. The monoisotopic (exact) mass is 356 g/mol. The van der Waals surface area contributed by atoms with E-state index in [2.05, 4.69) is 57.6 Å². The van der Waals surface area contributed by atoms with E-state index in [-0.39, 0.29) is 12.2 Å².